The van der Waals surface area contributed by atoms with Crippen molar-refractivity contribution in [2.45, 2.75) is 12.2 Å². The highest BCUT2D eigenvalue weighted by molar-refractivity contribution is 6.16. The summed E-state index contributed by atoms with van der Waals surface area (Å²) in [5, 5.41) is 7.45. The summed E-state index contributed by atoms with van der Waals surface area (Å²) < 4.78 is 41.1. The maximum atomic E-state index is 12.0. The van der Waals surface area contributed by atoms with E-state index in [0.29, 0.717) is 11.4 Å². The molecule has 8 heteroatoms. The molecule has 2 aromatic rings. The van der Waals surface area contributed by atoms with Gasteiger partial charge in [0.15, 0.2) is 0 Å². The van der Waals surface area contributed by atoms with Crippen molar-refractivity contribution in [1.29, 1.82) is 0 Å². The van der Waals surface area contributed by atoms with Crippen LogP contribution in [0, 0.1) is 0 Å². The summed E-state index contributed by atoms with van der Waals surface area (Å²) in [7, 11) is 0. The van der Waals surface area contributed by atoms with Gasteiger partial charge in [-0.2, -0.15) is 0 Å². The van der Waals surface area contributed by atoms with E-state index in [4.69, 9.17) is 11.6 Å². The van der Waals surface area contributed by atoms with Gasteiger partial charge < -0.3 is 4.74 Å². The maximum absolute atomic E-state index is 12.0. The third-order valence-corrected chi connectivity index (χ3v) is 2.35. The lowest BCUT2D eigenvalue weighted by Gasteiger charge is -2.09. The molecule has 2 rings (SSSR count). The second-order valence-corrected chi connectivity index (χ2v) is 3.58. The Labute approximate surface area is 105 Å². The van der Waals surface area contributed by atoms with Gasteiger partial charge in [0, 0.05) is 0 Å². The SMILES string of the molecule is FC(F)(F)Oc1ccc(-n2nncc2CCl)cc1. The summed E-state index contributed by atoms with van der Waals surface area (Å²) in [5.41, 5.74) is 1.19. The smallest absolute Gasteiger partial charge is 0.406 e. The summed E-state index contributed by atoms with van der Waals surface area (Å²) in [4.78, 5) is 0. The Morgan fingerprint density at radius 1 is 1.22 bits per heavy atom. The summed E-state index contributed by atoms with van der Waals surface area (Å²) in [6, 6.07) is 5.27. The van der Waals surface area contributed by atoms with Gasteiger partial charge in [-0.25, -0.2) is 4.68 Å². The standard InChI is InChI=1S/C10H7ClF3N3O/c11-5-8-6-15-16-17(8)7-1-3-9(4-2-7)18-10(12,13)14/h1-4,6H,5H2. The Morgan fingerprint density at radius 2 is 1.89 bits per heavy atom. The number of alkyl halides is 4. The molecule has 0 aliphatic carbocycles. The molecule has 1 aromatic heterocycles. The fourth-order valence-electron chi connectivity index (χ4n) is 1.35. The first-order valence-electron chi connectivity index (χ1n) is 4.81. The molecule has 4 nitrogen and oxygen atoms in total. The Hall–Kier alpha value is -1.76. The van der Waals surface area contributed by atoms with Crippen molar-refractivity contribution in [3.63, 3.8) is 0 Å². The molecule has 0 spiro atoms. The number of halogens is 4. The average Bonchev–Trinajstić information content (AvgIpc) is 2.76. The van der Waals surface area contributed by atoms with Gasteiger partial charge in [-0.05, 0) is 24.3 Å². The molecule has 0 fully saturated rings. The Balaban J connectivity index is 2.23. The maximum Gasteiger partial charge on any atom is 0.573 e. The summed E-state index contributed by atoms with van der Waals surface area (Å²) in [6.45, 7) is 0. The fourth-order valence-corrected chi connectivity index (χ4v) is 1.54. The molecule has 0 atom stereocenters. The van der Waals surface area contributed by atoms with E-state index in [9.17, 15) is 13.2 Å². The minimum atomic E-state index is -4.70. The van der Waals surface area contributed by atoms with Gasteiger partial charge in [-0.15, -0.1) is 29.9 Å². The molecule has 0 unspecified atom stereocenters. The van der Waals surface area contributed by atoms with Crippen LogP contribution in [0.15, 0.2) is 30.5 Å². The van der Waals surface area contributed by atoms with Crippen LogP contribution in [0.4, 0.5) is 13.2 Å². The van der Waals surface area contributed by atoms with Crippen molar-refractivity contribution < 1.29 is 17.9 Å². The number of hydrogen-bond acceptors (Lipinski definition) is 3. The normalized spacial score (nSPS) is 11.6. The number of rotatable bonds is 3. The van der Waals surface area contributed by atoms with Crippen molar-refractivity contribution >= 4 is 11.6 Å². The van der Waals surface area contributed by atoms with Crippen LogP contribution in [0.5, 0.6) is 5.75 Å². The van der Waals surface area contributed by atoms with Crippen LogP contribution in [0.2, 0.25) is 0 Å². The predicted octanol–water partition coefficient (Wildman–Crippen LogP) is 2.90. The zero-order valence-electron chi connectivity index (χ0n) is 8.86. The first kappa shape index (κ1) is 12.7. The van der Waals surface area contributed by atoms with E-state index in [1.54, 1.807) is 0 Å². The number of nitrogens with zero attached hydrogens (tertiary/aromatic N) is 3. The van der Waals surface area contributed by atoms with Gasteiger partial charge in [-0.1, -0.05) is 5.21 Å². The van der Waals surface area contributed by atoms with E-state index in [-0.39, 0.29) is 11.6 Å². The summed E-state index contributed by atoms with van der Waals surface area (Å²) in [5.74, 6) is -0.0906. The molecule has 0 N–H and O–H groups in total. The lowest BCUT2D eigenvalue weighted by atomic mass is 10.3. The molecular formula is C10H7ClF3N3O. The molecule has 1 heterocycles. The van der Waals surface area contributed by atoms with Crippen LogP contribution in [0.1, 0.15) is 5.69 Å². The van der Waals surface area contributed by atoms with Gasteiger partial charge >= 0.3 is 6.36 Å². The van der Waals surface area contributed by atoms with Crippen molar-refractivity contribution in [3.8, 4) is 11.4 Å². The summed E-state index contributed by atoms with van der Waals surface area (Å²) >= 11 is 5.67. The molecule has 0 aliphatic rings. The second kappa shape index (κ2) is 4.85. The molecule has 96 valence electrons. The largest absolute Gasteiger partial charge is 0.573 e. The van der Waals surface area contributed by atoms with Crippen LogP contribution in [-0.4, -0.2) is 21.4 Å². The van der Waals surface area contributed by atoms with Crippen LogP contribution in [0.25, 0.3) is 5.69 Å². The van der Waals surface area contributed by atoms with Crippen LogP contribution in [-0.2, 0) is 5.88 Å². The van der Waals surface area contributed by atoms with Gasteiger partial charge in [0.2, 0.25) is 0 Å². The highest BCUT2D eigenvalue weighted by Crippen LogP contribution is 2.23. The fraction of sp³-hybridized carbons (Fsp3) is 0.200. The molecule has 0 aliphatic heterocycles. The van der Waals surface area contributed by atoms with Crippen LogP contribution >= 0.6 is 11.6 Å². The van der Waals surface area contributed by atoms with E-state index >= 15 is 0 Å². The third kappa shape index (κ3) is 2.92. The molecule has 0 saturated heterocycles. The van der Waals surface area contributed by atoms with Gasteiger partial charge in [0.1, 0.15) is 5.75 Å². The molecular weight excluding hydrogens is 271 g/mol. The molecule has 0 saturated carbocycles. The molecule has 18 heavy (non-hydrogen) atoms. The molecule has 0 bridgehead atoms. The van der Waals surface area contributed by atoms with Crippen molar-refractivity contribution in [2.24, 2.45) is 0 Å². The highest BCUT2D eigenvalue weighted by Gasteiger charge is 2.30. The van der Waals surface area contributed by atoms with E-state index < -0.39 is 6.36 Å². The van der Waals surface area contributed by atoms with E-state index in [0.717, 1.165) is 0 Å². The first-order valence-corrected chi connectivity index (χ1v) is 5.35. The lowest BCUT2D eigenvalue weighted by molar-refractivity contribution is -0.274. The Morgan fingerprint density at radius 3 is 2.44 bits per heavy atom. The van der Waals surface area contributed by atoms with Crippen LogP contribution < -0.4 is 4.74 Å². The van der Waals surface area contributed by atoms with Crippen molar-refractivity contribution in [2.75, 3.05) is 0 Å². The van der Waals surface area contributed by atoms with E-state index in [1.807, 2.05) is 0 Å². The van der Waals surface area contributed by atoms with E-state index in [2.05, 4.69) is 15.0 Å². The topological polar surface area (TPSA) is 39.9 Å². The minimum absolute atomic E-state index is 0.202. The minimum Gasteiger partial charge on any atom is -0.406 e. The monoisotopic (exact) mass is 277 g/mol. The number of aromatic nitrogens is 3. The van der Waals surface area contributed by atoms with Gasteiger partial charge in [0.25, 0.3) is 0 Å². The summed E-state index contributed by atoms with van der Waals surface area (Å²) in [6.07, 6.45) is -3.22. The average molecular weight is 278 g/mol. The highest BCUT2D eigenvalue weighted by atomic mass is 35.5. The predicted molar refractivity (Wildman–Crippen MR) is 57.6 cm³/mol. The van der Waals surface area contributed by atoms with Gasteiger partial charge in [-0.3, -0.25) is 0 Å². The third-order valence-electron chi connectivity index (χ3n) is 2.07. The number of benzene rings is 1. The zero-order chi connectivity index (χ0) is 13.2. The number of ether oxygens (including phenoxy) is 1. The first-order chi connectivity index (χ1) is 8.49. The van der Waals surface area contributed by atoms with E-state index in [1.165, 1.54) is 35.1 Å². The van der Waals surface area contributed by atoms with Crippen molar-refractivity contribution in [1.82, 2.24) is 15.0 Å². The lowest BCUT2D eigenvalue weighted by Crippen LogP contribution is -2.17. The Kier molecular flexibility index (Phi) is 3.42. The zero-order valence-corrected chi connectivity index (χ0v) is 9.61. The van der Waals surface area contributed by atoms with Gasteiger partial charge in [0.05, 0.1) is 23.5 Å². The molecule has 0 amide bonds. The number of hydrogen-bond donors (Lipinski definition) is 0. The van der Waals surface area contributed by atoms with Crippen LogP contribution in [0.3, 0.4) is 0 Å². The van der Waals surface area contributed by atoms with Crippen molar-refractivity contribution in [3.05, 3.63) is 36.2 Å². The quantitative estimate of drug-likeness (QED) is 0.810. The Bertz CT molecular complexity index is 524. The molecule has 1 aromatic carbocycles. The molecule has 0 radical (unpaired) electrons. The second-order valence-electron chi connectivity index (χ2n) is 3.31.